The van der Waals surface area contributed by atoms with E-state index >= 15 is 0 Å². The molecule has 1 saturated heterocycles. The number of carbonyl (C=O) groups excluding carboxylic acids is 1. The molecule has 2 aliphatic rings. The summed E-state index contributed by atoms with van der Waals surface area (Å²) in [7, 11) is 0. The van der Waals surface area contributed by atoms with Crippen molar-refractivity contribution in [3.63, 3.8) is 0 Å². The van der Waals surface area contributed by atoms with Crippen LogP contribution in [0.4, 0.5) is 5.82 Å². The van der Waals surface area contributed by atoms with Gasteiger partial charge in [-0.25, -0.2) is 0 Å². The van der Waals surface area contributed by atoms with Crippen LogP contribution in [0, 0.1) is 6.92 Å². The molecular formula is C16H24N4O3. The molecule has 1 atom stereocenters. The van der Waals surface area contributed by atoms with Gasteiger partial charge in [0.05, 0.1) is 12.8 Å². The standard InChI is InChI=1S/C16H24N4O3/c1-13-10-15(18-23-13)17-16(21)12-20-7-5-19(6-8-20)11-14-4-2-3-9-22-14/h3,9-10,14H,2,4-8,11-12H2,1H3,(H,17,18,21). The van der Waals surface area contributed by atoms with Gasteiger partial charge in [-0.3, -0.25) is 14.6 Å². The predicted octanol–water partition coefficient (Wildman–Crippen LogP) is 1.23. The van der Waals surface area contributed by atoms with Crippen LogP contribution in [0.25, 0.3) is 0 Å². The molecule has 0 saturated carbocycles. The predicted molar refractivity (Wildman–Crippen MR) is 86.0 cm³/mol. The minimum Gasteiger partial charge on any atom is -0.497 e. The average molecular weight is 320 g/mol. The minimum atomic E-state index is -0.0486. The third-order valence-electron chi connectivity index (χ3n) is 4.21. The second-order valence-electron chi connectivity index (χ2n) is 6.15. The van der Waals surface area contributed by atoms with Crippen LogP contribution in [-0.4, -0.2) is 66.2 Å². The van der Waals surface area contributed by atoms with Crippen LogP contribution in [0.5, 0.6) is 0 Å². The maximum absolute atomic E-state index is 12.0. The van der Waals surface area contributed by atoms with E-state index in [2.05, 4.69) is 26.3 Å². The average Bonchev–Trinajstić information content (AvgIpc) is 2.95. The van der Waals surface area contributed by atoms with Crippen molar-refractivity contribution in [1.29, 1.82) is 0 Å². The number of aryl methyl sites for hydroxylation is 1. The summed E-state index contributed by atoms with van der Waals surface area (Å²) in [6.07, 6.45) is 6.40. The maximum atomic E-state index is 12.0. The molecule has 2 aliphatic heterocycles. The second-order valence-corrected chi connectivity index (χ2v) is 6.15. The molecule has 126 valence electrons. The Hall–Kier alpha value is -1.86. The highest BCUT2D eigenvalue weighted by Gasteiger charge is 2.22. The van der Waals surface area contributed by atoms with Crippen LogP contribution < -0.4 is 5.32 Å². The molecule has 0 radical (unpaired) electrons. The van der Waals surface area contributed by atoms with Crippen LogP contribution in [0.15, 0.2) is 22.9 Å². The molecule has 1 N–H and O–H groups in total. The van der Waals surface area contributed by atoms with E-state index in [0.717, 1.165) is 45.6 Å². The second kappa shape index (κ2) is 7.61. The summed E-state index contributed by atoms with van der Waals surface area (Å²) in [5.41, 5.74) is 0. The Morgan fingerprint density at radius 3 is 2.78 bits per heavy atom. The van der Waals surface area contributed by atoms with Gasteiger partial charge in [0.2, 0.25) is 5.91 Å². The molecule has 7 heteroatoms. The summed E-state index contributed by atoms with van der Waals surface area (Å²) >= 11 is 0. The highest BCUT2D eigenvalue weighted by Crippen LogP contribution is 2.13. The first-order valence-electron chi connectivity index (χ1n) is 8.17. The summed E-state index contributed by atoms with van der Waals surface area (Å²) in [5, 5.41) is 6.53. The van der Waals surface area contributed by atoms with Gasteiger partial charge in [0, 0.05) is 38.8 Å². The molecule has 0 spiro atoms. The van der Waals surface area contributed by atoms with Gasteiger partial charge in [0.15, 0.2) is 5.82 Å². The SMILES string of the molecule is Cc1cc(NC(=O)CN2CCN(CC3CCC=CO3)CC2)no1. The van der Waals surface area contributed by atoms with Crippen molar-refractivity contribution < 1.29 is 14.1 Å². The monoisotopic (exact) mass is 320 g/mol. The first-order valence-corrected chi connectivity index (χ1v) is 8.17. The van der Waals surface area contributed by atoms with E-state index in [9.17, 15) is 4.79 Å². The van der Waals surface area contributed by atoms with Gasteiger partial charge in [-0.05, 0) is 25.8 Å². The Kier molecular flexibility index (Phi) is 5.30. The van der Waals surface area contributed by atoms with Gasteiger partial charge >= 0.3 is 0 Å². The highest BCUT2D eigenvalue weighted by atomic mass is 16.5. The van der Waals surface area contributed by atoms with E-state index in [1.54, 1.807) is 13.0 Å². The van der Waals surface area contributed by atoms with Gasteiger partial charge < -0.3 is 14.6 Å². The Labute approximate surface area is 136 Å². The number of nitrogens with zero attached hydrogens (tertiary/aromatic N) is 3. The van der Waals surface area contributed by atoms with Crippen LogP contribution in [0.2, 0.25) is 0 Å². The van der Waals surface area contributed by atoms with E-state index in [1.165, 1.54) is 0 Å². The molecule has 1 fully saturated rings. The minimum absolute atomic E-state index is 0.0486. The highest BCUT2D eigenvalue weighted by molar-refractivity contribution is 5.91. The van der Waals surface area contributed by atoms with Crippen molar-refractivity contribution in [2.45, 2.75) is 25.9 Å². The number of aromatic nitrogens is 1. The summed E-state index contributed by atoms with van der Waals surface area (Å²) in [5.74, 6) is 1.12. The number of amides is 1. The van der Waals surface area contributed by atoms with E-state index < -0.39 is 0 Å². The molecule has 23 heavy (non-hydrogen) atoms. The Bertz CT molecular complexity index is 549. The van der Waals surface area contributed by atoms with Crippen molar-refractivity contribution in [1.82, 2.24) is 15.0 Å². The number of nitrogens with one attached hydrogen (secondary N) is 1. The van der Waals surface area contributed by atoms with Gasteiger partial charge in [-0.1, -0.05) is 5.16 Å². The fourth-order valence-corrected chi connectivity index (χ4v) is 2.95. The number of anilines is 1. The largest absolute Gasteiger partial charge is 0.497 e. The summed E-state index contributed by atoms with van der Waals surface area (Å²) in [4.78, 5) is 16.6. The van der Waals surface area contributed by atoms with Crippen LogP contribution in [-0.2, 0) is 9.53 Å². The molecular weight excluding hydrogens is 296 g/mol. The lowest BCUT2D eigenvalue weighted by atomic mass is 10.1. The zero-order valence-corrected chi connectivity index (χ0v) is 13.5. The molecule has 3 rings (SSSR count). The molecule has 1 amide bonds. The van der Waals surface area contributed by atoms with Gasteiger partial charge in [-0.15, -0.1) is 0 Å². The number of rotatable bonds is 5. The first-order chi connectivity index (χ1) is 11.2. The van der Waals surface area contributed by atoms with Crippen LogP contribution in [0.1, 0.15) is 18.6 Å². The summed E-state index contributed by atoms with van der Waals surface area (Å²) in [6, 6.07) is 1.72. The van der Waals surface area contributed by atoms with Crippen LogP contribution >= 0.6 is 0 Å². The molecule has 3 heterocycles. The normalized spacial score (nSPS) is 22.7. The zero-order valence-electron chi connectivity index (χ0n) is 13.5. The number of hydrogen-bond acceptors (Lipinski definition) is 6. The van der Waals surface area contributed by atoms with Crippen molar-refractivity contribution in [3.05, 3.63) is 24.2 Å². The number of carbonyl (C=O) groups is 1. The van der Waals surface area contributed by atoms with Gasteiger partial charge in [0.25, 0.3) is 0 Å². The zero-order chi connectivity index (χ0) is 16.1. The number of hydrogen-bond donors (Lipinski definition) is 1. The van der Waals surface area contributed by atoms with E-state index in [1.807, 2.05) is 6.26 Å². The number of ether oxygens (including phenoxy) is 1. The molecule has 1 aromatic rings. The third kappa shape index (κ3) is 4.80. The molecule has 7 nitrogen and oxygen atoms in total. The first kappa shape index (κ1) is 16.0. The fraction of sp³-hybridized carbons (Fsp3) is 0.625. The number of piperazine rings is 1. The molecule has 1 unspecified atom stereocenters. The maximum Gasteiger partial charge on any atom is 0.239 e. The van der Waals surface area contributed by atoms with Crippen molar-refractivity contribution in [2.75, 3.05) is 44.6 Å². The molecule has 1 aromatic heterocycles. The lowest BCUT2D eigenvalue weighted by Crippen LogP contribution is -2.50. The van der Waals surface area contributed by atoms with Crippen LogP contribution in [0.3, 0.4) is 0 Å². The van der Waals surface area contributed by atoms with E-state index in [-0.39, 0.29) is 5.91 Å². The Balaban J connectivity index is 1.37. The summed E-state index contributed by atoms with van der Waals surface area (Å²) in [6.45, 7) is 6.90. The lowest BCUT2D eigenvalue weighted by molar-refractivity contribution is -0.117. The van der Waals surface area contributed by atoms with E-state index in [4.69, 9.17) is 9.26 Å². The molecule has 0 aromatic carbocycles. The molecule has 0 bridgehead atoms. The third-order valence-corrected chi connectivity index (χ3v) is 4.21. The van der Waals surface area contributed by atoms with Crippen molar-refractivity contribution >= 4 is 11.7 Å². The van der Waals surface area contributed by atoms with Crippen molar-refractivity contribution in [2.24, 2.45) is 0 Å². The van der Waals surface area contributed by atoms with Crippen molar-refractivity contribution in [3.8, 4) is 0 Å². The van der Waals surface area contributed by atoms with Gasteiger partial charge in [-0.2, -0.15) is 0 Å². The molecule has 0 aliphatic carbocycles. The fourth-order valence-electron chi connectivity index (χ4n) is 2.95. The van der Waals surface area contributed by atoms with Gasteiger partial charge in [0.1, 0.15) is 11.9 Å². The summed E-state index contributed by atoms with van der Waals surface area (Å²) < 4.78 is 10.6. The Morgan fingerprint density at radius 2 is 2.13 bits per heavy atom. The number of allylic oxidation sites excluding steroid dienone is 1. The topological polar surface area (TPSA) is 70.8 Å². The lowest BCUT2D eigenvalue weighted by Gasteiger charge is -2.36. The quantitative estimate of drug-likeness (QED) is 0.880. The Morgan fingerprint density at radius 1 is 1.35 bits per heavy atom. The van der Waals surface area contributed by atoms with E-state index in [0.29, 0.717) is 24.2 Å². The smallest absolute Gasteiger partial charge is 0.239 e.